The van der Waals surface area contributed by atoms with Crippen LogP contribution in [0.4, 0.5) is 0 Å². The molecule has 0 radical (unpaired) electrons. The highest BCUT2D eigenvalue weighted by Gasteiger charge is 2.16. The molecule has 1 aliphatic rings. The average molecular weight is 475 g/mol. The molecule has 0 saturated heterocycles. The monoisotopic (exact) mass is 474 g/mol. The van der Waals surface area contributed by atoms with Gasteiger partial charge in [-0.05, 0) is 87.0 Å². The van der Waals surface area contributed by atoms with Gasteiger partial charge in [0.2, 0.25) is 0 Å². The molecule has 0 amide bonds. The molecule has 1 aliphatic carbocycles. The molecule has 2 heteroatoms. The lowest BCUT2D eigenvalue weighted by Gasteiger charge is -2.18. The Balaban J connectivity index is 1.51. The summed E-state index contributed by atoms with van der Waals surface area (Å²) in [5.41, 5.74) is 7.15. The molecule has 1 heterocycles. The number of halogens is 1. The van der Waals surface area contributed by atoms with E-state index in [1.165, 1.54) is 43.8 Å². The Morgan fingerprint density at radius 1 is 0.656 bits per heavy atom. The Labute approximate surface area is 194 Å². The summed E-state index contributed by atoms with van der Waals surface area (Å²) in [5, 5.41) is 7.69. The van der Waals surface area contributed by atoms with Crippen LogP contribution in [0.2, 0.25) is 0 Å². The minimum Gasteiger partial charge on any atom is -0.456 e. The van der Waals surface area contributed by atoms with E-state index in [1.807, 2.05) is 12.1 Å². The lowest BCUT2D eigenvalue weighted by atomic mass is 9.85. The van der Waals surface area contributed by atoms with Gasteiger partial charge < -0.3 is 4.42 Å². The molecular formula is C30H19BrO. The van der Waals surface area contributed by atoms with E-state index in [-0.39, 0.29) is 0 Å². The van der Waals surface area contributed by atoms with Crippen LogP contribution in [0.1, 0.15) is 17.5 Å². The molecule has 1 nitrogen and oxygen atoms in total. The number of furan rings is 1. The van der Waals surface area contributed by atoms with Crippen molar-refractivity contribution in [2.45, 2.75) is 12.8 Å². The third kappa shape index (κ3) is 2.56. The van der Waals surface area contributed by atoms with E-state index in [0.717, 1.165) is 39.3 Å². The van der Waals surface area contributed by atoms with Crippen molar-refractivity contribution < 1.29 is 4.42 Å². The van der Waals surface area contributed by atoms with E-state index in [2.05, 4.69) is 94.8 Å². The second kappa shape index (κ2) is 6.82. The van der Waals surface area contributed by atoms with Gasteiger partial charge in [-0.15, -0.1) is 0 Å². The number of fused-ring (bicyclic) bond motifs is 9. The number of aryl methyl sites for hydroxylation is 1. The number of allylic oxidation sites excluding steroid dienone is 1. The molecule has 0 unspecified atom stereocenters. The second-order valence-corrected chi connectivity index (χ2v) is 9.42. The van der Waals surface area contributed by atoms with E-state index in [0.29, 0.717) is 0 Å². The molecule has 5 aromatic carbocycles. The Kier molecular flexibility index (Phi) is 3.88. The SMILES string of the molecule is Brc1cccc2oc3ccc(-c4ccc5c(c4)c4c(c6ccccc65)C=CCC4)cc3c12. The van der Waals surface area contributed by atoms with Crippen molar-refractivity contribution in [1.29, 1.82) is 0 Å². The Morgan fingerprint density at radius 3 is 2.34 bits per heavy atom. The van der Waals surface area contributed by atoms with Crippen LogP contribution < -0.4 is 0 Å². The Morgan fingerprint density at radius 2 is 1.44 bits per heavy atom. The van der Waals surface area contributed by atoms with Crippen LogP contribution >= 0.6 is 15.9 Å². The number of hydrogen-bond donors (Lipinski definition) is 0. The van der Waals surface area contributed by atoms with Crippen molar-refractivity contribution in [2.24, 2.45) is 0 Å². The van der Waals surface area contributed by atoms with E-state index in [9.17, 15) is 0 Å². The van der Waals surface area contributed by atoms with E-state index < -0.39 is 0 Å². The van der Waals surface area contributed by atoms with Crippen LogP contribution in [-0.2, 0) is 6.42 Å². The lowest BCUT2D eigenvalue weighted by molar-refractivity contribution is 0.669. The second-order valence-electron chi connectivity index (χ2n) is 8.57. The summed E-state index contributed by atoms with van der Waals surface area (Å²) < 4.78 is 7.15. The largest absolute Gasteiger partial charge is 0.456 e. The van der Waals surface area contributed by atoms with Gasteiger partial charge in [0.1, 0.15) is 11.2 Å². The van der Waals surface area contributed by atoms with Crippen LogP contribution in [0.3, 0.4) is 0 Å². The maximum atomic E-state index is 6.08. The first-order valence-corrected chi connectivity index (χ1v) is 11.8. The Hall–Kier alpha value is -3.36. The van der Waals surface area contributed by atoms with Gasteiger partial charge in [0.15, 0.2) is 0 Å². The minimum absolute atomic E-state index is 0.914. The van der Waals surface area contributed by atoms with Crippen molar-refractivity contribution in [3.8, 4) is 11.1 Å². The van der Waals surface area contributed by atoms with Crippen LogP contribution in [0, 0.1) is 0 Å². The summed E-state index contributed by atoms with van der Waals surface area (Å²) >= 11 is 3.71. The zero-order valence-corrected chi connectivity index (χ0v) is 18.9. The first-order chi connectivity index (χ1) is 15.8. The van der Waals surface area contributed by atoms with Gasteiger partial charge in [-0.25, -0.2) is 0 Å². The van der Waals surface area contributed by atoms with Crippen LogP contribution in [0.15, 0.2) is 93.8 Å². The minimum atomic E-state index is 0.914. The van der Waals surface area contributed by atoms with Crippen LogP contribution in [0.5, 0.6) is 0 Å². The summed E-state index contributed by atoms with van der Waals surface area (Å²) in [5.74, 6) is 0. The first-order valence-electron chi connectivity index (χ1n) is 11.0. The summed E-state index contributed by atoms with van der Waals surface area (Å²) in [6, 6.07) is 28.4. The van der Waals surface area contributed by atoms with Gasteiger partial charge in [-0.2, -0.15) is 0 Å². The molecule has 0 atom stereocenters. The van der Waals surface area contributed by atoms with Gasteiger partial charge in [0.25, 0.3) is 0 Å². The fourth-order valence-electron chi connectivity index (χ4n) is 5.32. The predicted molar refractivity (Wildman–Crippen MR) is 139 cm³/mol. The summed E-state index contributed by atoms with van der Waals surface area (Å²) in [6.45, 7) is 0. The zero-order chi connectivity index (χ0) is 21.2. The summed E-state index contributed by atoms with van der Waals surface area (Å²) in [6.07, 6.45) is 6.81. The molecule has 0 bridgehead atoms. The number of hydrogen-bond acceptors (Lipinski definition) is 1. The number of rotatable bonds is 1. The molecule has 1 aromatic heterocycles. The van der Waals surface area contributed by atoms with Gasteiger partial charge in [-0.1, -0.05) is 76.6 Å². The van der Waals surface area contributed by atoms with Gasteiger partial charge >= 0.3 is 0 Å². The lowest BCUT2D eigenvalue weighted by Crippen LogP contribution is -1.98. The topological polar surface area (TPSA) is 13.1 Å². The third-order valence-corrected chi connectivity index (χ3v) is 7.46. The van der Waals surface area contributed by atoms with E-state index >= 15 is 0 Å². The molecular weight excluding hydrogens is 456 g/mol. The fourth-order valence-corrected chi connectivity index (χ4v) is 5.88. The highest BCUT2D eigenvalue weighted by molar-refractivity contribution is 9.10. The molecule has 32 heavy (non-hydrogen) atoms. The molecule has 152 valence electrons. The highest BCUT2D eigenvalue weighted by atomic mass is 79.9. The normalized spacial score (nSPS) is 13.4. The smallest absolute Gasteiger partial charge is 0.136 e. The van der Waals surface area contributed by atoms with Gasteiger partial charge in [0, 0.05) is 15.2 Å². The van der Waals surface area contributed by atoms with Crippen molar-refractivity contribution >= 4 is 65.5 Å². The molecule has 7 rings (SSSR count). The van der Waals surface area contributed by atoms with Gasteiger partial charge in [0.05, 0.1) is 0 Å². The average Bonchev–Trinajstić information content (AvgIpc) is 3.23. The van der Waals surface area contributed by atoms with Crippen molar-refractivity contribution in [2.75, 3.05) is 0 Å². The molecule has 0 saturated carbocycles. The van der Waals surface area contributed by atoms with E-state index in [4.69, 9.17) is 4.42 Å². The third-order valence-electron chi connectivity index (χ3n) is 6.80. The standard InChI is InChI=1S/C30H19BrO/c31-27-10-5-11-29-30(27)26-17-19(13-15-28(26)32-29)18-12-14-24-22-8-2-1-6-20(22)21-7-3-4-9-23(21)25(24)16-18/h1-3,5-8,10-17H,4,9H2. The predicted octanol–water partition coefficient (Wildman–Crippen LogP) is 9.28. The maximum Gasteiger partial charge on any atom is 0.136 e. The van der Waals surface area contributed by atoms with Crippen LogP contribution in [0.25, 0.3) is 60.7 Å². The fraction of sp³-hybridized carbons (Fsp3) is 0.0667. The van der Waals surface area contributed by atoms with Gasteiger partial charge in [-0.3, -0.25) is 0 Å². The van der Waals surface area contributed by atoms with E-state index in [1.54, 1.807) is 0 Å². The van der Waals surface area contributed by atoms with Crippen molar-refractivity contribution in [3.63, 3.8) is 0 Å². The zero-order valence-electron chi connectivity index (χ0n) is 17.4. The molecule has 6 aromatic rings. The van der Waals surface area contributed by atoms with Crippen molar-refractivity contribution in [3.05, 3.63) is 101 Å². The maximum absolute atomic E-state index is 6.08. The van der Waals surface area contributed by atoms with Crippen LogP contribution in [-0.4, -0.2) is 0 Å². The highest BCUT2D eigenvalue weighted by Crippen LogP contribution is 2.40. The quantitative estimate of drug-likeness (QED) is 0.216. The number of benzene rings is 5. The summed E-state index contributed by atoms with van der Waals surface area (Å²) in [4.78, 5) is 0. The molecule has 0 spiro atoms. The van der Waals surface area contributed by atoms with Crippen molar-refractivity contribution in [1.82, 2.24) is 0 Å². The molecule has 0 aliphatic heterocycles. The molecule has 0 fully saturated rings. The molecule has 0 N–H and O–H groups in total. The Bertz CT molecular complexity index is 1740. The first kappa shape index (κ1) is 18.2. The summed E-state index contributed by atoms with van der Waals surface area (Å²) in [7, 11) is 0.